The third-order valence-electron chi connectivity index (χ3n) is 5.24. The molecular weight excluding hydrogens is 636 g/mol. The molecule has 0 aliphatic heterocycles. The van der Waals surface area contributed by atoms with E-state index < -0.39 is 11.8 Å². The smallest absolute Gasteiger partial charge is 0.329 e. The van der Waals surface area contributed by atoms with Crippen LogP contribution in [-0.2, 0) is 20.9 Å². The summed E-state index contributed by atoms with van der Waals surface area (Å²) >= 11 is 6.83. The number of amides is 3. The van der Waals surface area contributed by atoms with Crippen molar-refractivity contribution >= 4 is 61.5 Å². The number of rotatable bonds is 10. The molecule has 0 saturated heterocycles. The first kappa shape index (κ1) is 29.7. The van der Waals surface area contributed by atoms with E-state index in [1.165, 1.54) is 13.3 Å². The fourth-order valence-corrected chi connectivity index (χ4v) is 4.05. The first-order valence-corrected chi connectivity index (χ1v) is 13.1. The number of aryl methyl sites for hydroxylation is 1. The van der Waals surface area contributed by atoms with Gasteiger partial charge in [0.15, 0.2) is 18.1 Å². The van der Waals surface area contributed by atoms with Crippen LogP contribution in [0.4, 0.5) is 5.69 Å². The number of hydrazone groups is 1. The fraction of sp³-hybridized carbons (Fsp3) is 0.185. The van der Waals surface area contributed by atoms with Crippen molar-refractivity contribution in [3.8, 4) is 17.2 Å². The topological polar surface area (TPSA) is 127 Å². The molecule has 0 aliphatic rings. The Hall–Kier alpha value is -3.90. The minimum atomic E-state index is -0.919. The van der Waals surface area contributed by atoms with Gasteiger partial charge in [0.05, 0.1) is 24.9 Å². The summed E-state index contributed by atoms with van der Waals surface area (Å²) in [6.45, 7) is 1.85. The third kappa shape index (κ3) is 8.82. The fourth-order valence-electron chi connectivity index (χ4n) is 3.23. The van der Waals surface area contributed by atoms with Crippen molar-refractivity contribution in [1.29, 1.82) is 0 Å². The highest BCUT2D eigenvalue weighted by Gasteiger charge is 2.15. The summed E-state index contributed by atoms with van der Waals surface area (Å²) in [4.78, 5) is 36.5. The number of nitrogens with zero attached hydrogens (tertiary/aromatic N) is 1. The first-order chi connectivity index (χ1) is 18.7. The average molecular weight is 662 g/mol. The first-order valence-electron chi connectivity index (χ1n) is 11.5. The van der Waals surface area contributed by atoms with E-state index in [1.807, 2.05) is 19.1 Å². The molecule has 3 rings (SSSR count). The number of anilines is 1. The number of nitrogens with one attached hydrogen (secondary N) is 3. The molecule has 0 aliphatic carbocycles. The molecule has 0 saturated carbocycles. The van der Waals surface area contributed by atoms with Crippen LogP contribution < -0.4 is 30.3 Å². The highest BCUT2D eigenvalue weighted by atomic mass is 79.9. The molecule has 12 heteroatoms. The predicted molar refractivity (Wildman–Crippen MR) is 154 cm³/mol. The van der Waals surface area contributed by atoms with Crippen molar-refractivity contribution in [2.24, 2.45) is 5.10 Å². The molecular formula is C27H26Br2N4O6. The van der Waals surface area contributed by atoms with Gasteiger partial charge in [-0.15, -0.1) is 0 Å². The van der Waals surface area contributed by atoms with Gasteiger partial charge < -0.3 is 24.8 Å². The molecule has 0 bridgehead atoms. The van der Waals surface area contributed by atoms with Gasteiger partial charge in [-0.25, -0.2) is 5.43 Å². The van der Waals surface area contributed by atoms with Crippen LogP contribution in [-0.4, -0.2) is 44.8 Å². The second-order valence-electron chi connectivity index (χ2n) is 8.06. The summed E-state index contributed by atoms with van der Waals surface area (Å²) in [6.07, 6.45) is 1.34. The quantitative estimate of drug-likeness (QED) is 0.169. The van der Waals surface area contributed by atoms with E-state index in [4.69, 9.17) is 14.2 Å². The van der Waals surface area contributed by atoms with Crippen molar-refractivity contribution in [2.75, 3.05) is 26.1 Å². The SMILES string of the molecule is COc1ccc(CNC(=O)C(=O)N/N=C\c2cc(Br)c(OCC(=O)Nc3ccc(Br)c(C)c3)c(OC)c2)cc1. The van der Waals surface area contributed by atoms with Crippen molar-refractivity contribution in [3.63, 3.8) is 0 Å². The maximum absolute atomic E-state index is 12.4. The number of hydrogen-bond acceptors (Lipinski definition) is 7. The molecule has 0 radical (unpaired) electrons. The van der Waals surface area contributed by atoms with E-state index in [9.17, 15) is 14.4 Å². The highest BCUT2D eigenvalue weighted by molar-refractivity contribution is 9.10. The number of carbonyl (C=O) groups is 3. The van der Waals surface area contributed by atoms with Crippen LogP contribution in [0.5, 0.6) is 17.2 Å². The molecule has 10 nitrogen and oxygen atoms in total. The Balaban J connectivity index is 1.53. The van der Waals surface area contributed by atoms with Gasteiger partial charge >= 0.3 is 11.8 Å². The van der Waals surface area contributed by atoms with E-state index in [-0.39, 0.29) is 19.1 Å². The molecule has 0 spiro atoms. The van der Waals surface area contributed by atoms with Crippen molar-refractivity contribution in [1.82, 2.24) is 10.7 Å². The maximum atomic E-state index is 12.4. The molecule has 3 amide bonds. The average Bonchev–Trinajstić information content (AvgIpc) is 2.93. The number of benzene rings is 3. The largest absolute Gasteiger partial charge is 0.497 e. The van der Waals surface area contributed by atoms with E-state index in [0.29, 0.717) is 33.0 Å². The van der Waals surface area contributed by atoms with Crippen LogP contribution in [0.25, 0.3) is 0 Å². The van der Waals surface area contributed by atoms with Crippen LogP contribution in [0.3, 0.4) is 0 Å². The number of hydrogen-bond donors (Lipinski definition) is 3. The zero-order valence-electron chi connectivity index (χ0n) is 21.3. The van der Waals surface area contributed by atoms with E-state index in [1.54, 1.807) is 49.6 Å². The van der Waals surface area contributed by atoms with Crippen molar-refractivity contribution in [3.05, 3.63) is 80.2 Å². The van der Waals surface area contributed by atoms with Crippen LogP contribution >= 0.6 is 31.9 Å². The van der Waals surface area contributed by atoms with Crippen molar-refractivity contribution in [2.45, 2.75) is 13.5 Å². The Morgan fingerprint density at radius 2 is 1.67 bits per heavy atom. The van der Waals surface area contributed by atoms with E-state index in [2.05, 4.69) is 53.0 Å². The number of ether oxygens (including phenoxy) is 3. The number of methoxy groups -OCH3 is 2. The minimum absolute atomic E-state index is 0.173. The maximum Gasteiger partial charge on any atom is 0.329 e. The molecule has 3 aromatic rings. The van der Waals surface area contributed by atoms with Crippen LogP contribution in [0.1, 0.15) is 16.7 Å². The summed E-state index contributed by atoms with van der Waals surface area (Å²) in [7, 11) is 3.02. The second kappa shape index (κ2) is 14.3. The Bertz CT molecular complexity index is 1380. The van der Waals surface area contributed by atoms with Crippen molar-refractivity contribution < 1.29 is 28.6 Å². The summed E-state index contributed by atoms with van der Waals surface area (Å²) in [6, 6.07) is 15.8. The van der Waals surface area contributed by atoms with Gasteiger partial charge in [0, 0.05) is 16.7 Å². The molecule has 3 aromatic carbocycles. The standard InChI is InChI=1S/C27H26Br2N4O6/c1-16-10-19(6-9-21(16)28)32-24(34)15-39-25-22(29)11-18(12-23(25)38-3)14-31-33-27(36)26(35)30-13-17-4-7-20(37-2)8-5-17/h4-12,14H,13,15H2,1-3H3,(H,30,35)(H,32,34)(H,33,36)/b31-14-. The Kier molecular flexibility index (Phi) is 10.9. The molecule has 0 unspecified atom stereocenters. The lowest BCUT2D eigenvalue weighted by atomic mass is 10.2. The Morgan fingerprint density at radius 1 is 0.923 bits per heavy atom. The zero-order valence-corrected chi connectivity index (χ0v) is 24.5. The highest BCUT2D eigenvalue weighted by Crippen LogP contribution is 2.36. The zero-order chi connectivity index (χ0) is 28.4. The Morgan fingerprint density at radius 3 is 2.33 bits per heavy atom. The van der Waals surface area contributed by atoms with Crippen LogP contribution in [0.2, 0.25) is 0 Å². The van der Waals surface area contributed by atoms with Gasteiger partial charge in [0.2, 0.25) is 0 Å². The lowest BCUT2D eigenvalue weighted by molar-refractivity contribution is -0.139. The molecule has 204 valence electrons. The second-order valence-corrected chi connectivity index (χ2v) is 9.77. The normalized spacial score (nSPS) is 10.6. The van der Waals surface area contributed by atoms with Crippen LogP contribution in [0, 0.1) is 6.92 Å². The van der Waals surface area contributed by atoms with Gasteiger partial charge in [-0.05, 0) is 82.0 Å². The van der Waals surface area contributed by atoms with Gasteiger partial charge in [0.1, 0.15) is 5.75 Å². The molecule has 39 heavy (non-hydrogen) atoms. The van der Waals surface area contributed by atoms with Crippen LogP contribution in [0.15, 0.2) is 68.6 Å². The minimum Gasteiger partial charge on any atom is -0.497 e. The monoisotopic (exact) mass is 660 g/mol. The lowest BCUT2D eigenvalue weighted by Crippen LogP contribution is -2.37. The molecule has 0 aromatic heterocycles. The third-order valence-corrected chi connectivity index (χ3v) is 6.72. The molecule has 3 N–H and O–H groups in total. The van der Waals surface area contributed by atoms with Gasteiger partial charge in [0.25, 0.3) is 5.91 Å². The molecule has 0 fully saturated rings. The van der Waals surface area contributed by atoms with Gasteiger partial charge in [-0.1, -0.05) is 28.1 Å². The number of carbonyl (C=O) groups excluding carboxylic acids is 3. The van der Waals surface area contributed by atoms with E-state index >= 15 is 0 Å². The van der Waals surface area contributed by atoms with Gasteiger partial charge in [-0.2, -0.15) is 5.10 Å². The molecule has 0 atom stereocenters. The summed E-state index contributed by atoms with van der Waals surface area (Å²) in [5, 5.41) is 9.13. The summed E-state index contributed by atoms with van der Waals surface area (Å²) < 4.78 is 17.6. The number of halogens is 2. The van der Waals surface area contributed by atoms with E-state index in [0.717, 1.165) is 15.6 Å². The lowest BCUT2D eigenvalue weighted by Gasteiger charge is -2.14. The van der Waals surface area contributed by atoms with Gasteiger partial charge in [-0.3, -0.25) is 14.4 Å². The predicted octanol–water partition coefficient (Wildman–Crippen LogP) is 4.32. The summed E-state index contributed by atoms with van der Waals surface area (Å²) in [5.41, 5.74) is 5.17. The summed E-state index contributed by atoms with van der Waals surface area (Å²) in [5.74, 6) is -0.748. The Labute approximate surface area is 242 Å². The molecule has 0 heterocycles.